The molecule has 0 saturated carbocycles. The molecule has 1 atom stereocenters. The zero-order valence-electron chi connectivity index (χ0n) is 15.2. The van der Waals surface area contributed by atoms with E-state index in [1.165, 1.54) is 12.3 Å². The highest BCUT2D eigenvalue weighted by Crippen LogP contribution is 2.19. The third-order valence-electron chi connectivity index (χ3n) is 3.55. The number of hydrogen-bond acceptors (Lipinski definition) is 6. The van der Waals surface area contributed by atoms with Gasteiger partial charge in [0.15, 0.2) is 0 Å². The van der Waals surface area contributed by atoms with Crippen molar-refractivity contribution in [1.29, 1.82) is 10.7 Å². The van der Waals surface area contributed by atoms with Gasteiger partial charge in [-0.05, 0) is 31.9 Å². The number of rotatable bonds is 3. The monoisotopic (exact) mass is 344 g/mol. The predicted octanol–water partition coefficient (Wildman–Crippen LogP) is 2.74. The quantitative estimate of drug-likeness (QED) is 0.572. The molecule has 25 heavy (non-hydrogen) atoms. The van der Waals surface area contributed by atoms with Gasteiger partial charge in [0.25, 0.3) is 0 Å². The summed E-state index contributed by atoms with van der Waals surface area (Å²) in [5.41, 5.74) is 12.4. The molecule has 1 amide bonds. The molecule has 1 aromatic heterocycles. The van der Waals surface area contributed by atoms with Gasteiger partial charge < -0.3 is 21.8 Å². The van der Waals surface area contributed by atoms with Crippen LogP contribution >= 0.6 is 0 Å². The van der Waals surface area contributed by atoms with Crippen molar-refractivity contribution in [3.63, 3.8) is 0 Å². The van der Waals surface area contributed by atoms with E-state index in [1.807, 2.05) is 13.8 Å². The van der Waals surface area contributed by atoms with E-state index in [9.17, 15) is 4.79 Å². The average Bonchev–Trinajstić information content (AvgIpc) is 3.05. The van der Waals surface area contributed by atoms with Crippen molar-refractivity contribution in [1.82, 2.24) is 9.88 Å². The highest BCUT2D eigenvalue weighted by atomic mass is 16.2. The Morgan fingerprint density at radius 1 is 1.56 bits per heavy atom. The van der Waals surface area contributed by atoms with Crippen molar-refractivity contribution in [2.45, 2.75) is 46.1 Å². The Bertz CT molecular complexity index is 615. The van der Waals surface area contributed by atoms with Crippen molar-refractivity contribution >= 4 is 23.1 Å². The maximum Gasteiger partial charge on any atom is 0.246 e. The summed E-state index contributed by atoms with van der Waals surface area (Å²) in [7, 11) is 0. The smallest absolute Gasteiger partial charge is 0.246 e. The lowest BCUT2D eigenvalue weighted by Gasteiger charge is -2.20. The summed E-state index contributed by atoms with van der Waals surface area (Å²) < 4.78 is 0. The maximum absolute atomic E-state index is 11.2. The Hall–Kier alpha value is -2.88. The zero-order valence-corrected chi connectivity index (χ0v) is 15.2. The molecule has 0 aliphatic carbocycles. The van der Waals surface area contributed by atoms with E-state index >= 15 is 0 Å². The van der Waals surface area contributed by atoms with Crippen LogP contribution in [0.15, 0.2) is 24.9 Å². The zero-order chi connectivity index (χ0) is 19.4. The van der Waals surface area contributed by atoms with Crippen molar-refractivity contribution in [3.05, 3.63) is 30.5 Å². The van der Waals surface area contributed by atoms with E-state index in [1.54, 1.807) is 17.9 Å². The second-order valence-electron chi connectivity index (χ2n) is 5.18. The molecule has 1 unspecified atom stereocenters. The number of aromatic nitrogens is 1. The highest BCUT2D eigenvalue weighted by molar-refractivity contribution is 6.04. The van der Waals surface area contributed by atoms with E-state index in [-0.39, 0.29) is 11.9 Å². The van der Waals surface area contributed by atoms with Crippen LogP contribution in [0.1, 0.15) is 45.6 Å². The fraction of sp³-hybridized carbons (Fsp3) is 0.444. The number of carbonyl (C=O) groups excluding carboxylic acids is 1. The Balaban J connectivity index is 0.000000421. The molecule has 1 saturated heterocycles. The largest absolute Gasteiger partial charge is 0.398 e. The summed E-state index contributed by atoms with van der Waals surface area (Å²) in [4.78, 5) is 16.7. The number of anilines is 2. The first-order valence-electron chi connectivity index (χ1n) is 8.27. The first kappa shape index (κ1) is 22.1. The number of hydrogen-bond donors (Lipinski definition) is 3. The second-order valence-corrected chi connectivity index (χ2v) is 5.18. The number of amides is 1. The normalized spacial score (nSPS) is 15.0. The van der Waals surface area contributed by atoms with Crippen LogP contribution in [0.5, 0.6) is 0 Å². The van der Waals surface area contributed by atoms with Crippen molar-refractivity contribution in [2.75, 3.05) is 18.0 Å². The van der Waals surface area contributed by atoms with Crippen LogP contribution < -0.4 is 11.5 Å². The van der Waals surface area contributed by atoms with Gasteiger partial charge in [-0.15, -0.1) is 0 Å². The van der Waals surface area contributed by atoms with Gasteiger partial charge in [-0.2, -0.15) is 5.26 Å². The van der Waals surface area contributed by atoms with Crippen molar-refractivity contribution in [2.24, 2.45) is 0 Å². The summed E-state index contributed by atoms with van der Waals surface area (Å²) in [5.74, 6) is 0.269. The van der Waals surface area contributed by atoms with Crippen LogP contribution in [0, 0.1) is 16.7 Å². The molecular formula is C18H28N6O. The molecule has 0 aromatic carbocycles. The van der Waals surface area contributed by atoms with Gasteiger partial charge in [-0.1, -0.05) is 20.4 Å². The van der Waals surface area contributed by atoms with Crippen LogP contribution in [0.25, 0.3) is 0 Å². The van der Waals surface area contributed by atoms with Gasteiger partial charge in [-0.3, -0.25) is 4.79 Å². The molecule has 2 rings (SSSR count). The summed E-state index contributed by atoms with van der Waals surface area (Å²) in [6.07, 6.45) is 5.24. The lowest BCUT2D eigenvalue weighted by atomic mass is 10.1. The Kier molecular flexibility index (Phi) is 10.3. The number of carbonyl (C=O) groups is 1. The number of nitrogen functional groups attached to an aromatic ring is 2. The Morgan fingerprint density at radius 3 is 2.64 bits per heavy atom. The molecule has 7 nitrogen and oxygen atoms in total. The molecule has 1 aromatic rings. The Labute approximate surface area is 149 Å². The van der Waals surface area contributed by atoms with Gasteiger partial charge in [0.1, 0.15) is 5.82 Å². The summed E-state index contributed by atoms with van der Waals surface area (Å²) >= 11 is 0. The number of nitrogens with two attached hydrogens (primary N) is 2. The molecule has 0 radical (unpaired) electrons. The molecule has 7 heteroatoms. The average molecular weight is 344 g/mol. The molecule has 0 spiro atoms. The first-order valence-corrected chi connectivity index (χ1v) is 8.27. The molecule has 5 N–H and O–H groups in total. The molecule has 0 bridgehead atoms. The van der Waals surface area contributed by atoms with Crippen LogP contribution in [-0.4, -0.2) is 34.1 Å². The molecule has 136 valence electrons. The summed E-state index contributed by atoms with van der Waals surface area (Å²) in [5, 5.41) is 15.8. The number of likely N-dealkylation sites (tertiary alicyclic amines) is 1. The standard InChI is InChI=1S/C9H12N2O.C7H10N4.C2H6/c1-2-9(12)11-7-3-4-8(11)5-6-10;1-4(8)6-5(9)2-3-11-7(6)10;1-2/h2,8H,1,3-5,7H2;2-3,8H,1H3,(H4,9,10,11);1-2H3. The number of nitrogens with zero attached hydrogens (tertiary/aromatic N) is 3. The number of nitriles is 1. The Morgan fingerprint density at radius 2 is 2.20 bits per heavy atom. The minimum atomic E-state index is -0.0484. The van der Waals surface area contributed by atoms with E-state index in [4.69, 9.17) is 22.1 Å². The highest BCUT2D eigenvalue weighted by Gasteiger charge is 2.26. The third-order valence-corrected chi connectivity index (χ3v) is 3.55. The maximum atomic E-state index is 11.2. The van der Waals surface area contributed by atoms with Crippen molar-refractivity contribution in [3.8, 4) is 6.07 Å². The number of pyridine rings is 1. The summed E-state index contributed by atoms with van der Waals surface area (Å²) in [6, 6.07) is 3.84. The molecule has 1 aliphatic heterocycles. The van der Waals surface area contributed by atoms with E-state index in [2.05, 4.69) is 17.6 Å². The fourth-order valence-corrected chi connectivity index (χ4v) is 2.46. The van der Waals surface area contributed by atoms with Gasteiger partial charge in [0.2, 0.25) is 5.91 Å². The van der Waals surface area contributed by atoms with Gasteiger partial charge >= 0.3 is 0 Å². The SMILES string of the molecule is C=CC(=O)N1CCCC1CC#N.CC.CC(=N)c1c(N)ccnc1N. The minimum absolute atomic E-state index is 0.0484. The van der Waals surface area contributed by atoms with Crippen LogP contribution in [0.2, 0.25) is 0 Å². The molecular weight excluding hydrogens is 316 g/mol. The lowest BCUT2D eigenvalue weighted by Crippen LogP contribution is -2.33. The van der Waals surface area contributed by atoms with Gasteiger partial charge in [0.05, 0.1) is 18.1 Å². The lowest BCUT2D eigenvalue weighted by molar-refractivity contribution is -0.126. The van der Waals surface area contributed by atoms with Crippen LogP contribution in [0.3, 0.4) is 0 Å². The van der Waals surface area contributed by atoms with E-state index in [0.29, 0.717) is 29.2 Å². The van der Waals surface area contributed by atoms with Crippen LogP contribution in [0.4, 0.5) is 11.5 Å². The second kappa shape index (κ2) is 11.6. The van der Waals surface area contributed by atoms with Gasteiger partial charge in [-0.25, -0.2) is 4.98 Å². The van der Waals surface area contributed by atoms with E-state index < -0.39 is 0 Å². The topological polar surface area (TPSA) is 133 Å². The van der Waals surface area contributed by atoms with Crippen LogP contribution in [-0.2, 0) is 4.79 Å². The molecule has 1 fully saturated rings. The fourth-order valence-electron chi connectivity index (χ4n) is 2.46. The molecule has 2 heterocycles. The van der Waals surface area contributed by atoms with Gasteiger partial charge in [0, 0.05) is 30.2 Å². The number of nitrogens with one attached hydrogen (secondary N) is 1. The minimum Gasteiger partial charge on any atom is -0.398 e. The van der Waals surface area contributed by atoms with E-state index in [0.717, 1.165) is 19.4 Å². The first-order chi connectivity index (χ1) is 11.9. The predicted molar refractivity (Wildman–Crippen MR) is 102 cm³/mol. The third kappa shape index (κ3) is 6.63. The summed E-state index contributed by atoms with van der Waals surface area (Å²) in [6.45, 7) is 9.83. The van der Waals surface area contributed by atoms with Crippen molar-refractivity contribution < 1.29 is 4.79 Å². The molecule has 1 aliphatic rings.